The van der Waals surface area contributed by atoms with Gasteiger partial charge in [0.2, 0.25) is 0 Å². The fraction of sp³-hybridized carbons (Fsp3) is 0.429. The summed E-state index contributed by atoms with van der Waals surface area (Å²) in [6.45, 7) is 3.44. The summed E-state index contributed by atoms with van der Waals surface area (Å²) in [5.41, 5.74) is 1.12. The van der Waals surface area contributed by atoms with Crippen LogP contribution in [0.1, 0.15) is 37.3 Å². The van der Waals surface area contributed by atoms with Crippen LogP contribution in [0.15, 0.2) is 34.5 Å². The minimum Gasteiger partial charge on any atom is -0.468 e. The molecule has 0 saturated heterocycles. The first-order chi connectivity index (χ1) is 15.8. The number of aromatic nitrogens is 4. The van der Waals surface area contributed by atoms with Crippen LogP contribution in [0.3, 0.4) is 0 Å². The first-order valence-corrected chi connectivity index (χ1v) is 10.7. The van der Waals surface area contributed by atoms with Gasteiger partial charge in [-0.3, -0.25) is 9.79 Å². The zero-order valence-electron chi connectivity index (χ0n) is 18.7. The second-order valence-corrected chi connectivity index (χ2v) is 7.96. The van der Waals surface area contributed by atoms with Crippen molar-refractivity contribution in [3.8, 4) is 0 Å². The number of aliphatic imine (C=N–C) groups is 1. The number of rotatable bonds is 7. The Bertz CT molecular complexity index is 1130. The standard InChI is InChI=1S/C21H23Cl2N5O5/c1-6-33-21(30)15-14(11-8-7-9-12(22)16(11)23)13(20(29)32-5)10(2)24-17(15)18(31-4)19-25-26-27-28(19)3/h7-9,13-14,18H,6H2,1-5H3. The number of benzene rings is 1. The molecule has 3 unspecified atom stereocenters. The van der Waals surface area contributed by atoms with Gasteiger partial charge in [-0.2, -0.15) is 0 Å². The molecule has 1 aliphatic rings. The molecule has 0 spiro atoms. The van der Waals surface area contributed by atoms with Crippen molar-refractivity contribution in [2.75, 3.05) is 20.8 Å². The number of aryl methyl sites for hydroxylation is 1. The predicted octanol–water partition coefficient (Wildman–Crippen LogP) is 3.07. The molecule has 0 aliphatic carbocycles. The molecule has 2 aromatic rings. The zero-order chi connectivity index (χ0) is 24.3. The Morgan fingerprint density at radius 2 is 1.97 bits per heavy atom. The summed E-state index contributed by atoms with van der Waals surface area (Å²) in [4.78, 5) is 30.8. The van der Waals surface area contributed by atoms with Crippen LogP contribution in [0.25, 0.3) is 0 Å². The summed E-state index contributed by atoms with van der Waals surface area (Å²) in [5.74, 6) is -2.83. The molecular weight excluding hydrogens is 473 g/mol. The number of hydrogen-bond donors (Lipinski definition) is 0. The molecule has 1 aromatic heterocycles. The molecule has 3 rings (SSSR count). The van der Waals surface area contributed by atoms with Crippen molar-refractivity contribution in [1.29, 1.82) is 0 Å². The molecule has 33 heavy (non-hydrogen) atoms. The van der Waals surface area contributed by atoms with E-state index in [0.29, 0.717) is 17.1 Å². The van der Waals surface area contributed by atoms with Gasteiger partial charge in [-0.15, -0.1) is 5.10 Å². The Morgan fingerprint density at radius 3 is 2.55 bits per heavy atom. The quantitative estimate of drug-likeness (QED) is 0.537. The first-order valence-electron chi connectivity index (χ1n) is 9.99. The normalized spacial score (nSPS) is 19.2. The molecule has 3 atom stereocenters. The number of esters is 2. The smallest absolute Gasteiger partial charge is 0.336 e. The highest BCUT2D eigenvalue weighted by molar-refractivity contribution is 6.42. The lowest BCUT2D eigenvalue weighted by molar-refractivity contribution is -0.144. The third-order valence-electron chi connectivity index (χ3n) is 5.31. The Hall–Kier alpha value is -2.82. The van der Waals surface area contributed by atoms with Crippen LogP contribution in [0.5, 0.6) is 0 Å². The van der Waals surface area contributed by atoms with Gasteiger partial charge in [-0.25, -0.2) is 9.48 Å². The number of carbonyl (C=O) groups excluding carboxylic acids is 2. The van der Waals surface area contributed by atoms with Crippen LogP contribution in [0, 0.1) is 5.92 Å². The summed E-state index contributed by atoms with van der Waals surface area (Å²) in [7, 11) is 4.33. The first kappa shape index (κ1) is 24.8. The Labute approximate surface area is 200 Å². The molecular formula is C21H23Cl2N5O5. The van der Waals surface area contributed by atoms with E-state index in [0.717, 1.165) is 0 Å². The number of tetrazole rings is 1. The van der Waals surface area contributed by atoms with Gasteiger partial charge in [-0.05, 0) is 35.9 Å². The second-order valence-electron chi connectivity index (χ2n) is 7.17. The van der Waals surface area contributed by atoms with E-state index in [1.807, 2.05) is 0 Å². The molecule has 0 amide bonds. The SMILES string of the molecule is CCOC(=O)C1=C(C(OC)c2nnnn2C)N=C(C)C(C(=O)OC)C1c1cccc(Cl)c1Cl. The van der Waals surface area contributed by atoms with Gasteiger partial charge in [0.25, 0.3) is 0 Å². The Balaban J connectivity index is 2.38. The summed E-state index contributed by atoms with van der Waals surface area (Å²) >= 11 is 12.8. The Kier molecular flexibility index (Phi) is 7.83. The third kappa shape index (κ3) is 4.64. The number of ether oxygens (including phenoxy) is 3. The monoisotopic (exact) mass is 495 g/mol. The Morgan fingerprint density at radius 1 is 1.24 bits per heavy atom. The maximum absolute atomic E-state index is 13.3. The van der Waals surface area contributed by atoms with Crippen molar-refractivity contribution in [2.24, 2.45) is 18.0 Å². The molecule has 0 N–H and O–H groups in total. The number of hydrogen-bond acceptors (Lipinski definition) is 9. The fourth-order valence-electron chi connectivity index (χ4n) is 3.85. The van der Waals surface area contributed by atoms with Crippen molar-refractivity contribution in [3.63, 3.8) is 0 Å². The molecule has 0 saturated carbocycles. The van der Waals surface area contributed by atoms with Crippen LogP contribution < -0.4 is 0 Å². The minimum atomic E-state index is -0.954. The second kappa shape index (κ2) is 10.4. The average Bonchev–Trinajstić information content (AvgIpc) is 3.21. The summed E-state index contributed by atoms with van der Waals surface area (Å²) < 4.78 is 17.5. The topological polar surface area (TPSA) is 118 Å². The van der Waals surface area contributed by atoms with Crippen molar-refractivity contribution in [3.05, 3.63) is 50.9 Å². The van der Waals surface area contributed by atoms with Gasteiger partial charge < -0.3 is 14.2 Å². The molecule has 10 nitrogen and oxygen atoms in total. The zero-order valence-corrected chi connectivity index (χ0v) is 20.2. The van der Waals surface area contributed by atoms with Crippen LogP contribution in [-0.4, -0.2) is 58.7 Å². The molecule has 2 heterocycles. The summed E-state index contributed by atoms with van der Waals surface area (Å²) in [6.07, 6.45) is -0.932. The van der Waals surface area contributed by atoms with Crippen molar-refractivity contribution < 1.29 is 23.8 Å². The number of methoxy groups -OCH3 is 2. The van der Waals surface area contributed by atoms with Crippen LogP contribution in [0.4, 0.5) is 0 Å². The number of halogens is 2. The van der Waals surface area contributed by atoms with Gasteiger partial charge in [0.05, 0.1) is 35.0 Å². The largest absolute Gasteiger partial charge is 0.468 e. The molecule has 0 radical (unpaired) electrons. The van der Waals surface area contributed by atoms with E-state index in [4.69, 9.17) is 37.4 Å². The van der Waals surface area contributed by atoms with Crippen molar-refractivity contribution >= 4 is 40.9 Å². The van der Waals surface area contributed by atoms with Crippen LogP contribution in [-0.2, 0) is 30.8 Å². The molecule has 176 valence electrons. The van der Waals surface area contributed by atoms with Gasteiger partial charge in [0.15, 0.2) is 11.9 Å². The maximum Gasteiger partial charge on any atom is 0.336 e. The molecule has 1 aromatic carbocycles. The van der Waals surface area contributed by atoms with E-state index in [2.05, 4.69) is 20.5 Å². The highest BCUT2D eigenvalue weighted by Gasteiger charge is 2.46. The van der Waals surface area contributed by atoms with Crippen LogP contribution in [0.2, 0.25) is 10.0 Å². The highest BCUT2D eigenvalue weighted by Crippen LogP contribution is 2.46. The van der Waals surface area contributed by atoms with Crippen molar-refractivity contribution in [2.45, 2.75) is 25.9 Å². The predicted molar refractivity (Wildman–Crippen MR) is 120 cm³/mol. The third-order valence-corrected chi connectivity index (χ3v) is 6.14. The van der Waals surface area contributed by atoms with E-state index >= 15 is 0 Å². The van der Waals surface area contributed by atoms with Gasteiger partial charge in [0, 0.05) is 25.8 Å². The number of nitrogens with zero attached hydrogens (tertiary/aromatic N) is 5. The molecule has 12 heteroatoms. The van der Waals surface area contributed by atoms with E-state index in [1.165, 1.54) is 18.9 Å². The van der Waals surface area contributed by atoms with E-state index in [9.17, 15) is 9.59 Å². The highest BCUT2D eigenvalue weighted by atomic mass is 35.5. The van der Waals surface area contributed by atoms with Gasteiger partial charge in [-0.1, -0.05) is 35.3 Å². The minimum absolute atomic E-state index is 0.0804. The fourth-order valence-corrected chi connectivity index (χ4v) is 4.28. The van der Waals surface area contributed by atoms with Gasteiger partial charge in [0.1, 0.15) is 5.92 Å². The van der Waals surface area contributed by atoms with E-state index in [1.54, 1.807) is 39.1 Å². The van der Waals surface area contributed by atoms with E-state index < -0.39 is 29.9 Å². The van der Waals surface area contributed by atoms with Crippen molar-refractivity contribution in [1.82, 2.24) is 20.2 Å². The lowest BCUT2D eigenvalue weighted by Gasteiger charge is -2.34. The lowest BCUT2D eigenvalue weighted by atomic mass is 9.75. The van der Waals surface area contributed by atoms with Gasteiger partial charge >= 0.3 is 11.9 Å². The average molecular weight is 496 g/mol. The maximum atomic E-state index is 13.3. The molecule has 1 aliphatic heterocycles. The molecule has 0 fully saturated rings. The van der Waals surface area contributed by atoms with E-state index in [-0.39, 0.29) is 27.9 Å². The summed E-state index contributed by atoms with van der Waals surface area (Å²) in [6, 6.07) is 4.99. The van der Waals surface area contributed by atoms with Crippen LogP contribution >= 0.6 is 23.2 Å². The lowest BCUT2D eigenvalue weighted by Crippen LogP contribution is -2.37. The molecule has 0 bridgehead atoms. The summed E-state index contributed by atoms with van der Waals surface area (Å²) in [5, 5.41) is 12.0. The number of carbonyl (C=O) groups is 2.